The highest BCUT2D eigenvalue weighted by atomic mass is 19.4. The molecule has 0 aromatic rings. The van der Waals surface area contributed by atoms with Crippen LogP contribution in [0.1, 0.15) is 26.2 Å². The summed E-state index contributed by atoms with van der Waals surface area (Å²) in [4.78, 5) is 7.75. The topological polar surface area (TPSA) is 49.3 Å². The summed E-state index contributed by atoms with van der Waals surface area (Å²) in [5.74, 6) is 1.36. The summed E-state index contributed by atoms with van der Waals surface area (Å²) in [6, 6.07) is -1.40. The number of alkyl halides is 3. The summed E-state index contributed by atoms with van der Waals surface area (Å²) < 4.78 is 49.6. The lowest BCUT2D eigenvalue weighted by Crippen LogP contribution is -2.56. The van der Waals surface area contributed by atoms with Crippen LogP contribution < -0.4 is 5.32 Å². The van der Waals surface area contributed by atoms with E-state index in [1.165, 1.54) is 11.8 Å². The SMILES string of the molecule is CN=C(NCCCOCC1CCOCC1)N1CCN(C(C)C(F)(F)F)CC1. The molecule has 0 amide bonds. The Morgan fingerprint density at radius 1 is 1.22 bits per heavy atom. The Bertz CT molecular complexity index is 448. The molecule has 2 heterocycles. The van der Waals surface area contributed by atoms with E-state index in [2.05, 4.69) is 10.3 Å². The third kappa shape index (κ3) is 7.46. The van der Waals surface area contributed by atoms with Gasteiger partial charge in [0.1, 0.15) is 6.04 Å². The second-order valence-electron chi connectivity index (χ2n) is 7.20. The number of halogens is 3. The molecule has 1 N–H and O–H groups in total. The Hall–Kier alpha value is -1.06. The van der Waals surface area contributed by atoms with Gasteiger partial charge < -0.3 is 19.7 Å². The minimum atomic E-state index is -4.17. The minimum Gasteiger partial charge on any atom is -0.381 e. The van der Waals surface area contributed by atoms with Crippen molar-refractivity contribution in [3.8, 4) is 0 Å². The highest BCUT2D eigenvalue weighted by Crippen LogP contribution is 2.25. The van der Waals surface area contributed by atoms with Gasteiger partial charge in [-0.05, 0) is 32.1 Å². The van der Waals surface area contributed by atoms with Crippen LogP contribution in [0.5, 0.6) is 0 Å². The molecule has 0 aromatic heterocycles. The monoisotopic (exact) mass is 394 g/mol. The van der Waals surface area contributed by atoms with E-state index in [-0.39, 0.29) is 0 Å². The van der Waals surface area contributed by atoms with E-state index < -0.39 is 12.2 Å². The van der Waals surface area contributed by atoms with Crippen molar-refractivity contribution >= 4 is 5.96 Å². The molecule has 27 heavy (non-hydrogen) atoms. The van der Waals surface area contributed by atoms with Gasteiger partial charge in [-0.1, -0.05) is 0 Å². The van der Waals surface area contributed by atoms with Gasteiger partial charge in [-0.3, -0.25) is 9.89 Å². The Balaban J connectivity index is 1.59. The first-order chi connectivity index (χ1) is 12.9. The van der Waals surface area contributed by atoms with Crippen LogP contribution in [0.25, 0.3) is 0 Å². The summed E-state index contributed by atoms with van der Waals surface area (Å²) >= 11 is 0. The zero-order chi connectivity index (χ0) is 19.7. The summed E-state index contributed by atoms with van der Waals surface area (Å²) in [5, 5.41) is 3.29. The van der Waals surface area contributed by atoms with Crippen LogP contribution in [0.2, 0.25) is 0 Å². The van der Waals surface area contributed by atoms with Crippen LogP contribution in [-0.2, 0) is 9.47 Å². The predicted octanol–water partition coefficient (Wildman–Crippen LogP) is 1.96. The molecular formula is C18H33F3N4O2. The van der Waals surface area contributed by atoms with Gasteiger partial charge in [-0.2, -0.15) is 13.2 Å². The molecule has 158 valence electrons. The van der Waals surface area contributed by atoms with Gasteiger partial charge >= 0.3 is 6.18 Å². The summed E-state index contributed by atoms with van der Waals surface area (Å²) in [6.45, 7) is 6.96. The highest BCUT2D eigenvalue weighted by molar-refractivity contribution is 5.79. The zero-order valence-corrected chi connectivity index (χ0v) is 16.4. The molecule has 1 atom stereocenters. The fraction of sp³-hybridized carbons (Fsp3) is 0.944. The molecule has 2 fully saturated rings. The molecule has 2 aliphatic heterocycles. The van der Waals surface area contributed by atoms with Gasteiger partial charge in [0.15, 0.2) is 5.96 Å². The molecule has 1 unspecified atom stereocenters. The highest BCUT2D eigenvalue weighted by Gasteiger charge is 2.41. The van der Waals surface area contributed by atoms with Crippen molar-refractivity contribution in [2.24, 2.45) is 10.9 Å². The molecular weight excluding hydrogens is 361 g/mol. The lowest BCUT2D eigenvalue weighted by Gasteiger charge is -2.39. The van der Waals surface area contributed by atoms with Gasteiger partial charge in [0, 0.05) is 66.2 Å². The molecule has 9 heteroatoms. The molecule has 0 radical (unpaired) electrons. The maximum Gasteiger partial charge on any atom is 0.403 e. The lowest BCUT2D eigenvalue weighted by molar-refractivity contribution is -0.181. The third-order valence-corrected chi connectivity index (χ3v) is 5.29. The molecule has 0 aliphatic carbocycles. The van der Waals surface area contributed by atoms with Crippen molar-refractivity contribution in [3.05, 3.63) is 0 Å². The Morgan fingerprint density at radius 3 is 2.48 bits per heavy atom. The molecule has 2 saturated heterocycles. The number of aliphatic imine (C=N–C) groups is 1. The van der Waals surface area contributed by atoms with E-state index in [1.807, 2.05) is 4.90 Å². The van der Waals surface area contributed by atoms with E-state index in [4.69, 9.17) is 9.47 Å². The average Bonchev–Trinajstić information content (AvgIpc) is 2.67. The van der Waals surface area contributed by atoms with Crippen LogP contribution >= 0.6 is 0 Å². The Labute approximate surface area is 160 Å². The first-order valence-corrected chi connectivity index (χ1v) is 9.83. The van der Waals surface area contributed by atoms with Crippen molar-refractivity contribution in [2.45, 2.75) is 38.4 Å². The number of ether oxygens (including phenoxy) is 2. The lowest BCUT2D eigenvalue weighted by atomic mass is 10.0. The molecule has 0 saturated carbocycles. The van der Waals surface area contributed by atoms with Crippen LogP contribution in [0.3, 0.4) is 0 Å². The summed E-state index contributed by atoms with van der Waals surface area (Å²) in [6.07, 6.45) is -1.16. The number of hydrogen-bond donors (Lipinski definition) is 1. The minimum absolute atomic E-state index is 0.385. The number of rotatable bonds is 7. The maximum absolute atomic E-state index is 12.8. The van der Waals surface area contributed by atoms with Gasteiger partial charge in [-0.15, -0.1) is 0 Å². The van der Waals surface area contributed by atoms with Crippen molar-refractivity contribution in [3.63, 3.8) is 0 Å². The molecule has 0 bridgehead atoms. The first-order valence-electron chi connectivity index (χ1n) is 9.83. The van der Waals surface area contributed by atoms with E-state index in [0.29, 0.717) is 38.7 Å². The van der Waals surface area contributed by atoms with Crippen molar-refractivity contribution in [1.29, 1.82) is 0 Å². The number of hydrogen-bond acceptors (Lipinski definition) is 4. The first kappa shape index (κ1) is 22.2. The normalized spacial score (nSPS) is 22.1. The predicted molar refractivity (Wildman–Crippen MR) is 99.0 cm³/mol. The van der Waals surface area contributed by atoms with Crippen LogP contribution in [0, 0.1) is 5.92 Å². The Morgan fingerprint density at radius 2 is 1.89 bits per heavy atom. The molecule has 2 rings (SSSR count). The van der Waals surface area contributed by atoms with Gasteiger partial charge in [0.2, 0.25) is 0 Å². The standard InChI is InChI=1S/C18H33F3N4O2/c1-15(18(19,20)21)24-7-9-25(10-8-24)17(22-2)23-6-3-11-27-14-16-4-12-26-13-5-16/h15-16H,3-14H2,1-2H3,(H,22,23). The molecule has 0 spiro atoms. The van der Waals surface area contributed by atoms with Gasteiger partial charge in [-0.25, -0.2) is 0 Å². The van der Waals surface area contributed by atoms with Crippen LogP contribution in [0.15, 0.2) is 4.99 Å². The number of piperazine rings is 1. The van der Waals surface area contributed by atoms with Gasteiger partial charge in [0.05, 0.1) is 0 Å². The van der Waals surface area contributed by atoms with E-state index in [1.54, 1.807) is 7.05 Å². The largest absolute Gasteiger partial charge is 0.403 e. The van der Waals surface area contributed by atoms with Crippen LogP contribution in [0.4, 0.5) is 13.2 Å². The van der Waals surface area contributed by atoms with Crippen molar-refractivity contribution in [2.75, 3.05) is 66.2 Å². The number of guanidine groups is 1. The molecule has 0 aromatic carbocycles. The fourth-order valence-corrected chi connectivity index (χ4v) is 3.40. The third-order valence-electron chi connectivity index (χ3n) is 5.29. The number of nitrogens with zero attached hydrogens (tertiary/aromatic N) is 3. The van der Waals surface area contributed by atoms with E-state index >= 15 is 0 Å². The zero-order valence-electron chi connectivity index (χ0n) is 16.4. The average molecular weight is 394 g/mol. The maximum atomic E-state index is 12.8. The van der Waals surface area contributed by atoms with Crippen LogP contribution in [-0.4, -0.2) is 94.2 Å². The van der Waals surface area contributed by atoms with E-state index in [9.17, 15) is 13.2 Å². The fourth-order valence-electron chi connectivity index (χ4n) is 3.40. The quantitative estimate of drug-likeness (QED) is 0.406. The molecule has 2 aliphatic rings. The Kier molecular flexibility index (Phi) is 9.11. The molecule has 6 nitrogen and oxygen atoms in total. The smallest absolute Gasteiger partial charge is 0.381 e. The van der Waals surface area contributed by atoms with Crippen molar-refractivity contribution < 1.29 is 22.6 Å². The number of nitrogens with one attached hydrogen (secondary N) is 1. The van der Waals surface area contributed by atoms with Gasteiger partial charge in [0.25, 0.3) is 0 Å². The second-order valence-corrected chi connectivity index (χ2v) is 7.20. The summed E-state index contributed by atoms with van der Waals surface area (Å²) in [5.41, 5.74) is 0. The van der Waals surface area contributed by atoms with Crippen molar-refractivity contribution in [1.82, 2.24) is 15.1 Å². The summed E-state index contributed by atoms with van der Waals surface area (Å²) in [7, 11) is 1.70. The second kappa shape index (κ2) is 11.1. The van der Waals surface area contributed by atoms with E-state index in [0.717, 1.165) is 51.6 Å².